The number of pyridine rings is 1. The number of fused-ring (bicyclic) bond motifs is 1. The molecule has 0 spiro atoms. The monoisotopic (exact) mass is 453 g/mol. The molecule has 0 unspecified atom stereocenters. The maximum Gasteiger partial charge on any atom is 0.319 e. The van der Waals surface area contributed by atoms with Gasteiger partial charge in [0.15, 0.2) is 18.0 Å². The predicted molar refractivity (Wildman–Crippen MR) is 124 cm³/mol. The van der Waals surface area contributed by atoms with Gasteiger partial charge in [-0.1, -0.05) is 19.8 Å². The summed E-state index contributed by atoms with van der Waals surface area (Å²) in [4.78, 5) is 16.4. The molecule has 1 fully saturated rings. The Morgan fingerprint density at radius 3 is 3.03 bits per heavy atom. The number of aryl methyl sites for hydroxylation is 1. The standard InChI is InChI=1S/C23H31N7O3/c1-2-17-13-26-30-21(25-12-16-6-5-9-29(32)14-16)10-20(28-23(17)30)27-19-8-4-3-7-18(19)15-33-22(31)11-24/h5-6,9-10,13-14,18-19,25H,2-4,7-8,11-12,15,24H2,1H3,(H,27,28)/t18-,19-/m0/s1. The lowest BCUT2D eigenvalue weighted by atomic mass is 9.85. The van der Waals surface area contributed by atoms with E-state index in [0.29, 0.717) is 13.2 Å². The van der Waals surface area contributed by atoms with Gasteiger partial charge in [-0.3, -0.25) is 4.79 Å². The molecule has 1 aliphatic rings. The van der Waals surface area contributed by atoms with Gasteiger partial charge in [-0.25, -0.2) is 4.98 Å². The number of rotatable bonds is 9. The molecular formula is C23H31N7O3. The second-order valence-electron chi connectivity index (χ2n) is 8.39. The van der Waals surface area contributed by atoms with Gasteiger partial charge in [0.2, 0.25) is 0 Å². The number of carbonyl (C=O) groups excluding carboxylic acids is 1. The van der Waals surface area contributed by atoms with Crippen LogP contribution in [-0.4, -0.2) is 39.8 Å². The second-order valence-corrected chi connectivity index (χ2v) is 8.39. The first kappa shape index (κ1) is 22.8. The summed E-state index contributed by atoms with van der Waals surface area (Å²) in [7, 11) is 0. The van der Waals surface area contributed by atoms with Crippen molar-refractivity contribution in [1.29, 1.82) is 0 Å². The molecule has 3 aromatic rings. The van der Waals surface area contributed by atoms with Crippen molar-refractivity contribution >= 4 is 23.3 Å². The minimum absolute atomic E-state index is 0.104. The van der Waals surface area contributed by atoms with Crippen LogP contribution >= 0.6 is 0 Å². The van der Waals surface area contributed by atoms with Crippen molar-refractivity contribution in [2.24, 2.45) is 11.7 Å². The zero-order chi connectivity index (χ0) is 23.2. The number of esters is 1. The van der Waals surface area contributed by atoms with E-state index in [2.05, 4.69) is 22.7 Å². The lowest BCUT2D eigenvalue weighted by Gasteiger charge is -2.32. The summed E-state index contributed by atoms with van der Waals surface area (Å²) in [6, 6.07) is 5.71. The second kappa shape index (κ2) is 10.5. The van der Waals surface area contributed by atoms with Crippen molar-refractivity contribution in [2.45, 2.75) is 51.6 Å². The summed E-state index contributed by atoms with van der Waals surface area (Å²) in [5.41, 5.74) is 8.08. The average Bonchev–Trinajstić information content (AvgIpc) is 3.25. The van der Waals surface area contributed by atoms with Crippen LogP contribution in [0, 0.1) is 11.1 Å². The number of ether oxygens (including phenoxy) is 1. The van der Waals surface area contributed by atoms with E-state index in [0.717, 1.165) is 65.2 Å². The molecule has 4 rings (SSSR count). The predicted octanol–water partition coefficient (Wildman–Crippen LogP) is 2.01. The average molecular weight is 454 g/mol. The summed E-state index contributed by atoms with van der Waals surface area (Å²) >= 11 is 0. The highest BCUT2D eigenvalue weighted by Crippen LogP contribution is 2.29. The molecule has 33 heavy (non-hydrogen) atoms. The van der Waals surface area contributed by atoms with Gasteiger partial charge in [0, 0.05) is 41.8 Å². The van der Waals surface area contributed by atoms with Gasteiger partial charge in [-0.15, -0.1) is 0 Å². The van der Waals surface area contributed by atoms with Crippen molar-refractivity contribution < 1.29 is 14.3 Å². The fourth-order valence-electron chi connectivity index (χ4n) is 4.30. The Hall–Kier alpha value is -3.40. The van der Waals surface area contributed by atoms with Crippen LogP contribution in [0.25, 0.3) is 5.65 Å². The van der Waals surface area contributed by atoms with E-state index in [1.54, 1.807) is 16.8 Å². The molecule has 0 aliphatic heterocycles. The molecule has 10 heteroatoms. The Balaban J connectivity index is 1.56. The summed E-state index contributed by atoms with van der Waals surface area (Å²) in [6.45, 7) is 2.81. The molecule has 4 N–H and O–H groups in total. The third-order valence-electron chi connectivity index (χ3n) is 6.10. The van der Waals surface area contributed by atoms with Crippen LogP contribution in [0.5, 0.6) is 0 Å². The number of nitrogens with zero attached hydrogens (tertiary/aromatic N) is 4. The van der Waals surface area contributed by atoms with E-state index in [9.17, 15) is 10.0 Å². The normalized spacial score (nSPS) is 18.2. The molecule has 0 radical (unpaired) electrons. The van der Waals surface area contributed by atoms with E-state index in [1.165, 1.54) is 6.20 Å². The van der Waals surface area contributed by atoms with Gasteiger partial charge in [-0.05, 0) is 25.3 Å². The molecule has 10 nitrogen and oxygen atoms in total. The van der Waals surface area contributed by atoms with E-state index in [-0.39, 0.29) is 24.5 Å². The van der Waals surface area contributed by atoms with Crippen LogP contribution in [0.1, 0.15) is 43.7 Å². The van der Waals surface area contributed by atoms with E-state index in [1.807, 2.05) is 18.3 Å². The lowest BCUT2D eigenvalue weighted by Crippen LogP contribution is -2.36. The molecular weight excluding hydrogens is 422 g/mol. The number of nitrogens with two attached hydrogens (primary N) is 1. The Kier molecular flexibility index (Phi) is 7.23. The van der Waals surface area contributed by atoms with Crippen molar-refractivity contribution in [2.75, 3.05) is 23.8 Å². The number of carbonyl (C=O) groups is 1. The third-order valence-corrected chi connectivity index (χ3v) is 6.10. The lowest BCUT2D eigenvalue weighted by molar-refractivity contribution is -0.605. The Labute approximate surface area is 192 Å². The molecule has 3 aromatic heterocycles. The number of anilines is 2. The topological polar surface area (TPSA) is 134 Å². The largest absolute Gasteiger partial charge is 0.619 e. The van der Waals surface area contributed by atoms with E-state index >= 15 is 0 Å². The Morgan fingerprint density at radius 2 is 2.24 bits per heavy atom. The molecule has 0 bridgehead atoms. The van der Waals surface area contributed by atoms with Crippen molar-refractivity contribution in [3.8, 4) is 0 Å². The third kappa shape index (κ3) is 5.51. The van der Waals surface area contributed by atoms with Crippen LogP contribution in [-0.2, 0) is 22.5 Å². The maximum atomic E-state index is 11.6. The van der Waals surface area contributed by atoms with Gasteiger partial charge in [0.25, 0.3) is 0 Å². The summed E-state index contributed by atoms with van der Waals surface area (Å²) in [5.74, 6) is 1.35. The molecule has 2 atom stereocenters. The molecule has 0 saturated heterocycles. The molecule has 3 heterocycles. The van der Waals surface area contributed by atoms with E-state index < -0.39 is 0 Å². The highest BCUT2D eigenvalue weighted by molar-refractivity contribution is 5.71. The van der Waals surface area contributed by atoms with Crippen LogP contribution in [0.15, 0.2) is 36.8 Å². The molecule has 1 saturated carbocycles. The smallest absolute Gasteiger partial charge is 0.319 e. The summed E-state index contributed by atoms with van der Waals surface area (Å²) in [6.07, 6.45) is 9.84. The van der Waals surface area contributed by atoms with Crippen LogP contribution < -0.4 is 21.1 Å². The first-order chi connectivity index (χ1) is 16.1. The minimum Gasteiger partial charge on any atom is -0.619 e. The Morgan fingerprint density at radius 1 is 1.39 bits per heavy atom. The van der Waals surface area contributed by atoms with Crippen LogP contribution in [0.4, 0.5) is 11.6 Å². The zero-order valence-corrected chi connectivity index (χ0v) is 18.9. The van der Waals surface area contributed by atoms with Crippen LogP contribution in [0.2, 0.25) is 0 Å². The van der Waals surface area contributed by atoms with Crippen molar-refractivity contribution in [1.82, 2.24) is 14.6 Å². The van der Waals surface area contributed by atoms with Gasteiger partial charge in [-0.2, -0.15) is 14.3 Å². The van der Waals surface area contributed by atoms with Crippen molar-refractivity contribution in [3.63, 3.8) is 0 Å². The molecule has 1 aliphatic carbocycles. The number of aromatic nitrogens is 4. The highest BCUT2D eigenvalue weighted by atomic mass is 16.5. The molecule has 0 amide bonds. The highest BCUT2D eigenvalue weighted by Gasteiger charge is 2.27. The zero-order valence-electron chi connectivity index (χ0n) is 18.9. The SMILES string of the molecule is CCc1cnn2c(NCc3ccc[n+]([O-])c3)cc(N[C@H]3CCCC[C@H]3COC(=O)CN)nc12. The summed E-state index contributed by atoms with van der Waals surface area (Å²) in [5, 5.41) is 23.1. The first-order valence-corrected chi connectivity index (χ1v) is 11.5. The Bertz CT molecular complexity index is 1100. The van der Waals surface area contributed by atoms with E-state index in [4.69, 9.17) is 15.5 Å². The minimum atomic E-state index is -0.377. The van der Waals surface area contributed by atoms with Crippen LogP contribution in [0.3, 0.4) is 0 Å². The fourth-order valence-corrected chi connectivity index (χ4v) is 4.30. The van der Waals surface area contributed by atoms with Gasteiger partial charge < -0.3 is 26.3 Å². The van der Waals surface area contributed by atoms with Gasteiger partial charge >= 0.3 is 5.97 Å². The first-order valence-electron chi connectivity index (χ1n) is 11.5. The molecule has 176 valence electrons. The quantitative estimate of drug-likeness (QED) is 0.255. The maximum absolute atomic E-state index is 11.6. The van der Waals surface area contributed by atoms with Crippen molar-refractivity contribution in [3.05, 3.63) is 53.1 Å². The van der Waals surface area contributed by atoms with Gasteiger partial charge in [0.1, 0.15) is 11.6 Å². The van der Waals surface area contributed by atoms with Gasteiger partial charge in [0.05, 0.1) is 19.3 Å². The fraction of sp³-hybridized carbons (Fsp3) is 0.478. The number of nitrogens with one attached hydrogen (secondary N) is 2. The number of hydrogen-bond donors (Lipinski definition) is 3. The number of hydrogen-bond acceptors (Lipinski definition) is 8. The molecule has 0 aromatic carbocycles. The summed E-state index contributed by atoms with van der Waals surface area (Å²) < 4.78 is 7.91.